The van der Waals surface area contributed by atoms with E-state index in [0.717, 1.165) is 5.56 Å². The predicted molar refractivity (Wildman–Crippen MR) is 137 cm³/mol. The van der Waals surface area contributed by atoms with Gasteiger partial charge in [0.25, 0.3) is 0 Å². The van der Waals surface area contributed by atoms with Crippen LogP contribution in [0, 0.1) is 0 Å². The van der Waals surface area contributed by atoms with Crippen LogP contribution in [0.1, 0.15) is 15.9 Å². The first kappa shape index (κ1) is 27.0. The number of benzene rings is 2. The second-order valence-electron chi connectivity index (χ2n) is 7.04. The van der Waals surface area contributed by atoms with Crippen molar-refractivity contribution in [3.05, 3.63) is 87.0 Å². The van der Waals surface area contributed by atoms with Crippen LogP contribution in [0.5, 0.6) is 17.4 Å². The molecule has 0 N–H and O–H groups in total. The minimum absolute atomic E-state index is 0. The number of aromatic nitrogens is 1. The number of ether oxygens (including phenoxy) is 2. The molecule has 9 heteroatoms. The summed E-state index contributed by atoms with van der Waals surface area (Å²) in [5.74, 6) is 0.540. The number of ketones is 1. The van der Waals surface area contributed by atoms with Gasteiger partial charge in [-0.05, 0) is 50.0 Å². The number of hydrogen-bond acceptors (Lipinski definition) is 5. The maximum atomic E-state index is 12.9. The zero-order chi connectivity index (χ0) is 23.1. The zero-order valence-corrected chi connectivity index (χ0v) is 21.0. The maximum absolute atomic E-state index is 12.9. The Labute approximate surface area is 214 Å². The van der Waals surface area contributed by atoms with E-state index in [1.54, 1.807) is 30.3 Å². The summed E-state index contributed by atoms with van der Waals surface area (Å²) in [7, 11) is 3.88. The molecule has 1 aromatic heterocycles. The lowest BCUT2D eigenvalue weighted by Gasteiger charge is -2.16. The minimum Gasteiger partial charge on any atom is -0.488 e. The van der Waals surface area contributed by atoms with Crippen molar-refractivity contribution < 1.29 is 14.3 Å². The molecule has 0 aliphatic rings. The van der Waals surface area contributed by atoms with Crippen molar-refractivity contribution in [1.29, 1.82) is 0 Å². The summed E-state index contributed by atoms with van der Waals surface area (Å²) in [5, 5.41) is 1.18. The third-order valence-corrected chi connectivity index (χ3v) is 5.41. The van der Waals surface area contributed by atoms with E-state index in [2.05, 4.69) is 4.98 Å². The lowest BCUT2D eigenvalue weighted by Crippen LogP contribution is -2.19. The number of carbonyl (C=O) groups excluding carboxylic acids is 1. The first-order valence-corrected chi connectivity index (χ1v) is 10.8. The average molecular weight is 528 g/mol. The topological polar surface area (TPSA) is 51.7 Å². The summed E-state index contributed by atoms with van der Waals surface area (Å²) < 4.78 is 11.8. The van der Waals surface area contributed by atoms with Crippen molar-refractivity contribution in [2.24, 2.45) is 0 Å². The van der Waals surface area contributed by atoms with Crippen LogP contribution in [0.2, 0.25) is 15.1 Å². The molecule has 0 spiro atoms. The predicted octanol–water partition coefficient (Wildman–Crippen LogP) is 7.09. The molecule has 0 saturated heterocycles. The third-order valence-electron chi connectivity index (χ3n) is 4.35. The molecule has 0 fully saturated rings. The van der Waals surface area contributed by atoms with E-state index in [4.69, 9.17) is 44.3 Å². The fraction of sp³-hybridized carbons (Fsp3) is 0.167. The molecule has 1 heterocycles. The van der Waals surface area contributed by atoms with Gasteiger partial charge in [-0.15, -0.1) is 12.4 Å². The van der Waals surface area contributed by atoms with E-state index in [1.165, 1.54) is 18.3 Å². The number of likely N-dealkylation sites (N-methyl/N-ethyl adjacent to an activating group) is 1. The Bertz CT molecular complexity index is 1140. The van der Waals surface area contributed by atoms with Crippen molar-refractivity contribution in [1.82, 2.24) is 9.88 Å². The molecule has 0 saturated carbocycles. The van der Waals surface area contributed by atoms with E-state index in [0.29, 0.717) is 39.7 Å². The number of carbonyl (C=O) groups is 1. The molecule has 0 aliphatic heterocycles. The quantitative estimate of drug-likeness (QED) is 0.219. The molecule has 0 amide bonds. The highest BCUT2D eigenvalue weighted by atomic mass is 35.5. The molecular weight excluding hydrogens is 506 g/mol. The van der Waals surface area contributed by atoms with Crippen LogP contribution in [-0.4, -0.2) is 42.9 Å². The van der Waals surface area contributed by atoms with Gasteiger partial charge in [-0.2, -0.15) is 0 Å². The second kappa shape index (κ2) is 12.8. The Kier molecular flexibility index (Phi) is 10.5. The lowest BCUT2D eigenvalue weighted by molar-refractivity contribution is 0.104. The van der Waals surface area contributed by atoms with Gasteiger partial charge in [-0.25, -0.2) is 4.98 Å². The third kappa shape index (κ3) is 7.63. The van der Waals surface area contributed by atoms with E-state index in [-0.39, 0.29) is 29.6 Å². The highest BCUT2D eigenvalue weighted by Crippen LogP contribution is 2.38. The molecule has 0 bridgehead atoms. The van der Waals surface area contributed by atoms with Crippen LogP contribution in [0.15, 0.2) is 60.8 Å². The number of hydrogen-bond donors (Lipinski definition) is 0. The van der Waals surface area contributed by atoms with Gasteiger partial charge in [0.15, 0.2) is 17.3 Å². The second-order valence-corrected chi connectivity index (χ2v) is 8.26. The first-order valence-electron chi connectivity index (χ1n) is 9.71. The molecule has 0 atom stereocenters. The van der Waals surface area contributed by atoms with Crippen LogP contribution < -0.4 is 9.47 Å². The van der Waals surface area contributed by atoms with Gasteiger partial charge >= 0.3 is 0 Å². The van der Waals surface area contributed by atoms with Crippen LogP contribution in [-0.2, 0) is 0 Å². The average Bonchev–Trinajstić information content (AvgIpc) is 2.76. The Morgan fingerprint density at radius 3 is 2.39 bits per heavy atom. The van der Waals surface area contributed by atoms with Crippen molar-refractivity contribution in [2.45, 2.75) is 0 Å². The number of rotatable bonds is 9. The molecule has 2 aromatic carbocycles. The lowest BCUT2D eigenvalue weighted by atomic mass is 10.1. The van der Waals surface area contributed by atoms with Gasteiger partial charge in [-0.3, -0.25) is 4.79 Å². The molecule has 3 aromatic rings. The fourth-order valence-electron chi connectivity index (χ4n) is 2.67. The monoisotopic (exact) mass is 526 g/mol. The smallest absolute Gasteiger partial charge is 0.230 e. The fourth-order valence-corrected chi connectivity index (χ4v) is 3.18. The van der Waals surface area contributed by atoms with Crippen molar-refractivity contribution in [2.75, 3.05) is 27.2 Å². The Morgan fingerprint density at radius 2 is 1.70 bits per heavy atom. The van der Waals surface area contributed by atoms with Gasteiger partial charge < -0.3 is 14.4 Å². The highest BCUT2D eigenvalue weighted by Gasteiger charge is 2.17. The van der Waals surface area contributed by atoms with Gasteiger partial charge in [0.05, 0.1) is 15.6 Å². The number of halogens is 4. The van der Waals surface area contributed by atoms with Crippen LogP contribution in [0.3, 0.4) is 0 Å². The van der Waals surface area contributed by atoms with Gasteiger partial charge in [0, 0.05) is 29.9 Å². The molecule has 0 aliphatic carbocycles. The maximum Gasteiger partial charge on any atom is 0.230 e. The van der Waals surface area contributed by atoms with Gasteiger partial charge in [-0.1, -0.05) is 53.0 Å². The molecule has 0 unspecified atom stereocenters. The molecule has 174 valence electrons. The van der Waals surface area contributed by atoms with Crippen LogP contribution >= 0.6 is 47.2 Å². The number of nitrogens with zero attached hydrogens (tertiary/aromatic N) is 2. The molecule has 5 nitrogen and oxygen atoms in total. The molecule has 3 rings (SSSR count). The first-order chi connectivity index (χ1) is 15.3. The molecular formula is C24H22Cl4N2O3. The summed E-state index contributed by atoms with van der Waals surface area (Å²) in [4.78, 5) is 19.1. The van der Waals surface area contributed by atoms with Crippen molar-refractivity contribution in [3.63, 3.8) is 0 Å². The molecule has 33 heavy (non-hydrogen) atoms. The summed E-state index contributed by atoms with van der Waals surface area (Å²) in [5.41, 5.74) is 1.01. The number of pyridine rings is 1. The van der Waals surface area contributed by atoms with E-state index < -0.39 is 0 Å². The Balaban J connectivity index is 0.00000385. The standard InChI is InChI=1S/C24H21Cl3N2O3.ClH/c1-29(2)12-13-31-22-14-19(26)20(27)15-23(22)32-24-17(7-5-11-28-24)21(30)10-9-16-6-3-4-8-18(16)25;/h3-11,14-15H,12-13H2,1-2H3;1H/b10-9+;. The SMILES string of the molecule is CN(C)CCOc1cc(Cl)c(Cl)cc1Oc1ncccc1C(=O)/C=C/c1ccccc1Cl.Cl. The van der Waals surface area contributed by atoms with Crippen LogP contribution in [0.4, 0.5) is 0 Å². The highest BCUT2D eigenvalue weighted by molar-refractivity contribution is 6.42. The number of allylic oxidation sites excluding steroid dienone is 1. The Hall–Kier alpha value is -2.28. The summed E-state index contributed by atoms with van der Waals surface area (Å²) >= 11 is 18.5. The van der Waals surface area contributed by atoms with Gasteiger partial charge in [0.2, 0.25) is 5.88 Å². The minimum atomic E-state index is -0.289. The van der Waals surface area contributed by atoms with Crippen molar-refractivity contribution >= 4 is 59.1 Å². The van der Waals surface area contributed by atoms with E-state index in [9.17, 15) is 4.79 Å². The Morgan fingerprint density at radius 1 is 1.00 bits per heavy atom. The summed E-state index contributed by atoms with van der Waals surface area (Å²) in [6.07, 6.45) is 4.61. The largest absolute Gasteiger partial charge is 0.488 e. The van der Waals surface area contributed by atoms with Crippen LogP contribution in [0.25, 0.3) is 6.08 Å². The summed E-state index contributed by atoms with van der Waals surface area (Å²) in [6.45, 7) is 1.11. The van der Waals surface area contributed by atoms with Crippen molar-refractivity contribution in [3.8, 4) is 17.4 Å². The van der Waals surface area contributed by atoms with E-state index in [1.807, 2.05) is 37.2 Å². The zero-order valence-electron chi connectivity index (χ0n) is 17.9. The summed E-state index contributed by atoms with van der Waals surface area (Å²) in [6, 6.07) is 13.7. The molecule has 0 radical (unpaired) electrons. The normalized spacial score (nSPS) is 10.8. The van der Waals surface area contributed by atoms with E-state index >= 15 is 0 Å². The van der Waals surface area contributed by atoms with Gasteiger partial charge in [0.1, 0.15) is 6.61 Å².